The van der Waals surface area contributed by atoms with Crippen molar-refractivity contribution in [1.29, 1.82) is 0 Å². The van der Waals surface area contributed by atoms with E-state index in [0.717, 1.165) is 17.5 Å². The number of carbonyl (C=O) groups excluding carboxylic acids is 1. The molecule has 0 spiro atoms. The highest BCUT2D eigenvalue weighted by atomic mass is 35.5. The SMILES string of the molecule is C=CC[C@H]1O[C@H](c2cccc(Cl)c2)[C@H](c2ccc(Cl)cc2)N([C@H](CCC)c2nnc(C)o2)C1=O. The Kier molecular flexibility index (Phi) is 7.71. The number of benzene rings is 2. The zero-order chi connectivity index (χ0) is 24.2. The molecule has 0 aliphatic carbocycles. The van der Waals surface area contributed by atoms with Crippen LogP contribution >= 0.6 is 23.2 Å². The zero-order valence-electron chi connectivity index (χ0n) is 19.2. The van der Waals surface area contributed by atoms with Gasteiger partial charge in [0.25, 0.3) is 5.91 Å². The van der Waals surface area contributed by atoms with Crippen molar-refractivity contribution in [3.63, 3.8) is 0 Å². The lowest BCUT2D eigenvalue weighted by molar-refractivity contribution is -0.180. The summed E-state index contributed by atoms with van der Waals surface area (Å²) in [5.74, 6) is 0.720. The van der Waals surface area contributed by atoms with Gasteiger partial charge in [-0.1, -0.05) is 66.9 Å². The van der Waals surface area contributed by atoms with Gasteiger partial charge in [-0.15, -0.1) is 16.8 Å². The van der Waals surface area contributed by atoms with Gasteiger partial charge in [0.15, 0.2) is 0 Å². The van der Waals surface area contributed by atoms with Crippen molar-refractivity contribution in [2.75, 3.05) is 0 Å². The molecule has 1 amide bonds. The summed E-state index contributed by atoms with van der Waals surface area (Å²) < 4.78 is 12.3. The molecule has 4 rings (SSSR count). The van der Waals surface area contributed by atoms with Crippen LogP contribution in [0.5, 0.6) is 0 Å². The molecule has 2 heterocycles. The Morgan fingerprint density at radius 2 is 1.88 bits per heavy atom. The summed E-state index contributed by atoms with van der Waals surface area (Å²) in [5.41, 5.74) is 1.76. The van der Waals surface area contributed by atoms with E-state index in [1.807, 2.05) is 53.4 Å². The number of amides is 1. The molecule has 4 atom stereocenters. The minimum atomic E-state index is -0.701. The van der Waals surface area contributed by atoms with E-state index in [9.17, 15) is 4.79 Å². The highest BCUT2D eigenvalue weighted by Gasteiger charge is 2.47. The number of hydrogen-bond acceptors (Lipinski definition) is 5. The molecule has 0 saturated carbocycles. The predicted molar refractivity (Wildman–Crippen MR) is 132 cm³/mol. The molecule has 1 aliphatic heterocycles. The van der Waals surface area contributed by atoms with Gasteiger partial charge in [-0.25, -0.2) is 0 Å². The van der Waals surface area contributed by atoms with Crippen molar-refractivity contribution in [3.05, 3.63) is 94.1 Å². The van der Waals surface area contributed by atoms with Crippen LogP contribution in [0, 0.1) is 6.92 Å². The molecule has 1 aliphatic rings. The summed E-state index contributed by atoms with van der Waals surface area (Å²) in [6.07, 6.45) is 2.36. The zero-order valence-corrected chi connectivity index (χ0v) is 20.7. The smallest absolute Gasteiger partial charge is 0.253 e. The average Bonchev–Trinajstić information content (AvgIpc) is 3.25. The first-order valence-corrected chi connectivity index (χ1v) is 12.1. The molecule has 2 aromatic carbocycles. The van der Waals surface area contributed by atoms with E-state index in [-0.39, 0.29) is 5.91 Å². The molecule has 0 bridgehead atoms. The number of halogens is 2. The number of aromatic nitrogens is 2. The minimum Gasteiger partial charge on any atom is -0.423 e. The average molecular weight is 500 g/mol. The lowest BCUT2D eigenvalue weighted by atomic mass is 9.89. The van der Waals surface area contributed by atoms with Crippen LogP contribution in [-0.4, -0.2) is 27.1 Å². The van der Waals surface area contributed by atoms with Gasteiger partial charge in [0.1, 0.15) is 18.2 Å². The third-order valence-electron chi connectivity index (χ3n) is 5.92. The molecule has 1 saturated heterocycles. The van der Waals surface area contributed by atoms with Crippen LogP contribution in [0.15, 0.2) is 65.6 Å². The normalized spacial score (nSPS) is 21.5. The first-order chi connectivity index (χ1) is 16.4. The van der Waals surface area contributed by atoms with Gasteiger partial charge in [0.05, 0.1) is 6.04 Å². The summed E-state index contributed by atoms with van der Waals surface area (Å²) in [4.78, 5) is 15.8. The van der Waals surface area contributed by atoms with E-state index in [0.29, 0.717) is 34.7 Å². The number of hydrogen-bond donors (Lipinski definition) is 0. The third-order valence-corrected chi connectivity index (χ3v) is 6.41. The second-order valence-corrected chi connectivity index (χ2v) is 9.20. The quantitative estimate of drug-likeness (QED) is 0.318. The van der Waals surface area contributed by atoms with E-state index >= 15 is 0 Å². The first kappa shape index (κ1) is 24.5. The van der Waals surface area contributed by atoms with Crippen molar-refractivity contribution in [3.8, 4) is 0 Å². The molecule has 0 unspecified atom stereocenters. The summed E-state index contributed by atoms with van der Waals surface area (Å²) in [7, 11) is 0. The Morgan fingerprint density at radius 3 is 2.50 bits per heavy atom. The van der Waals surface area contributed by atoms with Gasteiger partial charge in [0, 0.05) is 23.4 Å². The van der Waals surface area contributed by atoms with Crippen molar-refractivity contribution in [1.82, 2.24) is 15.1 Å². The molecule has 0 N–H and O–H groups in total. The topological polar surface area (TPSA) is 68.5 Å². The largest absolute Gasteiger partial charge is 0.423 e. The maximum atomic E-state index is 13.9. The molecule has 1 aromatic heterocycles. The van der Waals surface area contributed by atoms with Gasteiger partial charge in [0.2, 0.25) is 11.8 Å². The second kappa shape index (κ2) is 10.7. The summed E-state index contributed by atoms with van der Waals surface area (Å²) in [6, 6.07) is 14.1. The van der Waals surface area contributed by atoms with E-state index in [1.165, 1.54) is 0 Å². The number of rotatable bonds is 8. The van der Waals surface area contributed by atoms with Crippen LogP contribution in [0.3, 0.4) is 0 Å². The van der Waals surface area contributed by atoms with Crippen LogP contribution < -0.4 is 0 Å². The molecular formula is C26H27Cl2N3O3. The number of ether oxygens (including phenoxy) is 1. The molecule has 8 heteroatoms. The molecule has 1 fully saturated rings. The number of carbonyl (C=O) groups is 1. The lowest BCUT2D eigenvalue weighted by Crippen LogP contribution is -2.52. The summed E-state index contributed by atoms with van der Waals surface area (Å²) >= 11 is 12.5. The summed E-state index contributed by atoms with van der Waals surface area (Å²) in [5, 5.41) is 9.52. The number of nitrogens with zero attached hydrogens (tertiary/aromatic N) is 3. The van der Waals surface area contributed by atoms with Crippen molar-refractivity contribution in [2.45, 2.75) is 57.4 Å². The first-order valence-electron chi connectivity index (χ1n) is 11.3. The van der Waals surface area contributed by atoms with Crippen LogP contribution in [0.25, 0.3) is 0 Å². The maximum absolute atomic E-state index is 13.9. The predicted octanol–water partition coefficient (Wildman–Crippen LogP) is 6.81. The summed E-state index contributed by atoms with van der Waals surface area (Å²) in [6.45, 7) is 7.63. The Balaban J connectivity index is 1.91. The fraction of sp³-hybridized carbons (Fsp3) is 0.346. The molecule has 3 aromatic rings. The van der Waals surface area contributed by atoms with Gasteiger partial charge < -0.3 is 14.1 Å². The van der Waals surface area contributed by atoms with E-state index in [2.05, 4.69) is 23.7 Å². The Labute approximate surface area is 209 Å². The van der Waals surface area contributed by atoms with Crippen LogP contribution in [0.1, 0.15) is 67.3 Å². The van der Waals surface area contributed by atoms with Crippen molar-refractivity contribution in [2.24, 2.45) is 0 Å². The van der Waals surface area contributed by atoms with Gasteiger partial charge in [-0.05, 0) is 41.8 Å². The molecular weight excluding hydrogens is 473 g/mol. The third kappa shape index (κ3) is 5.04. The highest BCUT2D eigenvalue weighted by molar-refractivity contribution is 6.30. The second-order valence-electron chi connectivity index (χ2n) is 8.33. The van der Waals surface area contributed by atoms with Crippen molar-refractivity contribution < 1.29 is 13.9 Å². The van der Waals surface area contributed by atoms with Crippen molar-refractivity contribution >= 4 is 29.1 Å². The van der Waals surface area contributed by atoms with E-state index < -0.39 is 24.3 Å². The van der Waals surface area contributed by atoms with Gasteiger partial charge in [-0.2, -0.15) is 0 Å². The number of morpholine rings is 1. The Bertz CT molecular complexity index is 1150. The van der Waals surface area contributed by atoms with E-state index in [4.69, 9.17) is 32.4 Å². The van der Waals surface area contributed by atoms with Crippen LogP contribution in [0.2, 0.25) is 10.0 Å². The number of aryl methyl sites for hydroxylation is 1. The van der Waals surface area contributed by atoms with Crippen LogP contribution in [0.4, 0.5) is 0 Å². The molecule has 0 radical (unpaired) electrons. The lowest BCUT2D eigenvalue weighted by Gasteiger charge is -2.47. The molecule has 6 nitrogen and oxygen atoms in total. The van der Waals surface area contributed by atoms with Gasteiger partial charge >= 0.3 is 0 Å². The molecule has 178 valence electrons. The fourth-order valence-electron chi connectivity index (χ4n) is 4.46. The Morgan fingerprint density at radius 1 is 1.12 bits per heavy atom. The van der Waals surface area contributed by atoms with Crippen LogP contribution in [-0.2, 0) is 9.53 Å². The maximum Gasteiger partial charge on any atom is 0.253 e. The Hall–Kier alpha value is -2.67. The monoisotopic (exact) mass is 499 g/mol. The fourth-order valence-corrected chi connectivity index (χ4v) is 4.78. The standard InChI is InChI=1S/C26H27Cl2N3O3/c1-4-7-21(25-30-29-16(3)33-25)31-23(17-11-13-19(27)14-12-17)24(18-9-6-10-20(28)15-18)34-22(8-5-2)26(31)32/h5-6,9-15,21-24H,2,4,7-8H2,1,3H3/t21-,22-,23+,24-/m1/s1. The highest BCUT2D eigenvalue weighted by Crippen LogP contribution is 2.47. The van der Waals surface area contributed by atoms with E-state index in [1.54, 1.807) is 13.0 Å². The minimum absolute atomic E-state index is 0.146. The van der Waals surface area contributed by atoms with Gasteiger partial charge in [-0.3, -0.25) is 4.79 Å². The molecule has 34 heavy (non-hydrogen) atoms.